The normalized spacial score (nSPS) is 17.2. The van der Waals surface area contributed by atoms with E-state index < -0.39 is 0 Å². The fourth-order valence-corrected chi connectivity index (χ4v) is 5.27. The van der Waals surface area contributed by atoms with Crippen molar-refractivity contribution < 1.29 is 9.53 Å². The van der Waals surface area contributed by atoms with Crippen LogP contribution in [0.1, 0.15) is 29.5 Å². The van der Waals surface area contributed by atoms with Gasteiger partial charge in [-0.05, 0) is 18.4 Å². The average Bonchev–Trinajstić information content (AvgIpc) is 3.52. The maximum Gasteiger partial charge on any atom is 0.231 e. The van der Waals surface area contributed by atoms with E-state index in [0.717, 1.165) is 46.0 Å². The quantitative estimate of drug-likeness (QED) is 0.485. The van der Waals surface area contributed by atoms with Crippen LogP contribution in [-0.4, -0.2) is 46.1 Å². The van der Waals surface area contributed by atoms with Crippen LogP contribution in [0.4, 0.5) is 5.13 Å². The summed E-state index contributed by atoms with van der Waals surface area (Å²) in [7, 11) is 0. The minimum absolute atomic E-state index is 0.0666. The molecule has 0 radical (unpaired) electrons. The SMILES string of the molecule is O=C(CSc1nnc(NCC2CCCO2)s1)NC(c1ccccc1)c1nccs1. The Morgan fingerprint density at radius 2 is 2.21 bits per heavy atom. The van der Waals surface area contributed by atoms with Crippen LogP contribution in [0.25, 0.3) is 0 Å². The molecule has 3 aromatic rings. The Balaban J connectivity index is 1.29. The van der Waals surface area contributed by atoms with E-state index in [1.54, 1.807) is 6.20 Å². The van der Waals surface area contributed by atoms with E-state index in [0.29, 0.717) is 0 Å². The van der Waals surface area contributed by atoms with Crippen LogP contribution in [0, 0.1) is 0 Å². The predicted molar refractivity (Wildman–Crippen MR) is 117 cm³/mol. The van der Waals surface area contributed by atoms with E-state index in [9.17, 15) is 4.79 Å². The minimum atomic E-state index is -0.248. The van der Waals surface area contributed by atoms with E-state index in [1.807, 2.05) is 35.7 Å². The van der Waals surface area contributed by atoms with Gasteiger partial charge in [0.1, 0.15) is 11.0 Å². The first-order valence-electron chi connectivity index (χ1n) is 9.33. The Hall–Kier alpha value is -2.01. The van der Waals surface area contributed by atoms with Crippen molar-refractivity contribution in [3.63, 3.8) is 0 Å². The third-order valence-corrected chi connectivity index (χ3v) is 7.23. The number of nitrogens with one attached hydrogen (secondary N) is 2. The molecule has 3 heterocycles. The highest BCUT2D eigenvalue weighted by atomic mass is 32.2. The van der Waals surface area contributed by atoms with Gasteiger partial charge in [-0.3, -0.25) is 4.79 Å². The molecule has 7 nitrogen and oxygen atoms in total. The lowest BCUT2D eigenvalue weighted by molar-refractivity contribution is -0.119. The molecule has 29 heavy (non-hydrogen) atoms. The first-order chi connectivity index (χ1) is 14.3. The fraction of sp³-hybridized carbons (Fsp3) is 0.368. The zero-order valence-corrected chi connectivity index (χ0v) is 18.1. The van der Waals surface area contributed by atoms with Crippen molar-refractivity contribution >= 4 is 45.5 Å². The zero-order valence-electron chi connectivity index (χ0n) is 15.6. The smallest absolute Gasteiger partial charge is 0.231 e. The summed E-state index contributed by atoms with van der Waals surface area (Å²) in [6.45, 7) is 1.58. The topological polar surface area (TPSA) is 89.0 Å². The number of thioether (sulfide) groups is 1. The van der Waals surface area contributed by atoms with Gasteiger partial charge in [-0.15, -0.1) is 21.5 Å². The first kappa shape index (κ1) is 20.3. The Morgan fingerprint density at radius 1 is 1.31 bits per heavy atom. The van der Waals surface area contributed by atoms with Crippen LogP contribution < -0.4 is 10.6 Å². The summed E-state index contributed by atoms with van der Waals surface area (Å²) in [6, 6.07) is 9.63. The van der Waals surface area contributed by atoms with Gasteiger partial charge in [0.05, 0.1) is 11.9 Å². The molecule has 10 heteroatoms. The van der Waals surface area contributed by atoms with Gasteiger partial charge in [0.2, 0.25) is 11.0 Å². The lowest BCUT2D eigenvalue weighted by Gasteiger charge is -2.16. The molecule has 0 saturated carbocycles. The summed E-state index contributed by atoms with van der Waals surface area (Å²) in [4.78, 5) is 16.9. The van der Waals surface area contributed by atoms with Crippen LogP contribution in [-0.2, 0) is 9.53 Å². The summed E-state index contributed by atoms with van der Waals surface area (Å²) in [5.41, 5.74) is 1.01. The molecule has 1 aliphatic rings. The van der Waals surface area contributed by atoms with Crippen LogP contribution in [0.15, 0.2) is 46.2 Å². The largest absolute Gasteiger partial charge is 0.376 e. The van der Waals surface area contributed by atoms with Gasteiger partial charge >= 0.3 is 0 Å². The maximum absolute atomic E-state index is 12.6. The maximum atomic E-state index is 12.6. The van der Waals surface area contributed by atoms with E-state index in [-0.39, 0.29) is 23.8 Å². The second-order valence-electron chi connectivity index (χ2n) is 6.46. The lowest BCUT2D eigenvalue weighted by Crippen LogP contribution is -2.30. The molecule has 1 saturated heterocycles. The molecular weight excluding hydrogens is 426 g/mol. The summed E-state index contributed by atoms with van der Waals surface area (Å²) >= 11 is 4.37. The number of rotatable bonds is 9. The number of hydrogen-bond acceptors (Lipinski definition) is 9. The number of anilines is 1. The van der Waals surface area contributed by atoms with Crippen LogP contribution >= 0.6 is 34.4 Å². The van der Waals surface area contributed by atoms with Crippen LogP contribution in [0.5, 0.6) is 0 Å². The third-order valence-electron chi connectivity index (χ3n) is 4.37. The standard InChI is InChI=1S/C19H21N5O2S3/c25-15(22-16(17-20-8-10-27-17)13-5-2-1-3-6-13)12-28-19-24-23-18(29-19)21-11-14-7-4-9-26-14/h1-3,5-6,8,10,14,16H,4,7,9,11-12H2,(H,21,23)(H,22,25). The van der Waals surface area contributed by atoms with Crippen molar-refractivity contribution in [2.75, 3.05) is 24.2 Å². The Labute approximate surface area is 181 Å². The summed E-state index contributed by atoms with van der Waals surface area (Å²) in [5.74, 6) is 0.206. The number of benzene rings is 1. The average molecular weight is 448 g/mol. The number of carbonyl (C=O) groups excluding carboxylic acids is 1. The number of nitrogens with zero attached hydrogens (tertiary/aromatic N) is 3. The second-order valence-corrected chi connectivity index (χ2v) is 9.59. The Kier molecular flexibility index (Phi) is 7.09. The van der Waals surface area contributed by atoms with Gasteiger partial charge in [-0.2, -0.15) is 0 Å². The van der Waals surface area contributed by atoms with E-state index in [1.165, 1.54) is 34.4 Å². The van der Waals surface area contributed by atoms with Crippen molar-refractivity contribution in [3.8, 4) is 0 Å². The third kappa shape index (κ3) is 5.75. The van der Waals surface area contributed by atoms with E-state index in [4.69, 9.17) is 4.74 Å². The number of thiazole rings is 1. The highest BCUT2D eigenvalue weighted by Gasteiger charge is 2.20. The molecular formula is C19H21N5O2S3. The zero-order chi connectivity index (χ0) is 19.9. The molecule has 2 unspecified atom stereocenters. The van der Waals surface area contributed by atoms with Crippen LogP contribution in [0.2, 0.25) is 0 Å². The highest BCUT2D eigenvalue weighted by molar-refractivity contribution is 8.01. The molecule has 152 valence electrons. The number of ether oxygens (including phenoxy) is 1. The molecule has 2 N–H and O–H groups in total. The molecule has 4 rings (SSSR count). The molecule has 0 aliphatic carbocycles. The van der Waals surface area contributed by atoms with Gasteiger partial charge in [0, 0.05) is 24.7 Å². The number of hydrogen-bond donors (Lipinski definition) is 2. The van der Waals surface area contributed by atoms with Crippen molar-refractivity contribution in [1.29, 1.82) is 0 Å². The Morgan fingerprint density at radius 3 is 2.97 bits per heavy atom. The molecule has 1 aromatic carbocycles. The first-order valence-corrected chi connectivity index (χ1v) is 12.0. The molecule has 0 bridgehead atoms. The summed E-state index contributed by atoms with van der Waals surface area (Å²) in [6.07, 6.45) is 4.20. The van der Waals surface area contributed by atoms with Crippen molar-refractivity contribution in [1.82, 2.24) is 20.5 Å². The molecule has 1 aliphatic heterocycles. The van der Waals surface area contributed by atoms with Crippen molar-refractivity contribution in [3.05, 3.63) is 52.5 Å². The molecule has 0 spiro atoms. The van der Waals surface area contributed by atoms with E-state index in [2.05, 4.69) is 25.8 Å². The predicted octanol–water partition coefficient (Wildman–Crippen LogP) is 3.58. The molecule has 1 amide bonds. The second kappa shape index (κ2) is 10.1. The van der Waals surface area contributed by atoms with Gasteiger partial charge in [0.25, 0.3) is 0 Å². The molecule has 2 atom stereocenters. The minimum Gasteiger partial charge on any atom is -0.376 e. The molecule has 2 aromatic heterocycles. The lowest BCUT2D eigenvalue weighted by atomic mass is 10.1. The van der Waals surface area contributed by atoms with Crippen molar-refractivity contribution in [2.24, 2.45) is 0 Å². The van der Waals surface area contributed by atoms with Crippen LogP contribution in [0.3, 0.4) is 0 Å². The van der Waals surface area contributed by atoms with Gasteiger partial charge < -0.3 is 15.4 Å². The number of aromatic nitrogens is 3. The summed E-state index contributed by atoms with van der Waals surface area (Å²) < 4.78 is 6.36. The van der Waals surface area contributed by atoms with Gasteiger partial charge in [-0.25, -0.2) is 4.98 Å². The number of carbonyl (C=O) groups is 1. The number of amides is 1. The monoisotopic (exact) mass is 447 g/mol. The van der Waals surface area contributed by atoms with Gasteiger partial charge in [-0.1, -0.05) is 53.4 Å². The van der Waals surface area contributed by atoms with E-state index >= 15 is 0 Å². The van der Waals surface area contributed by atoms with Gasteiger partial charge in [0.15, 0.2) is 4.34 Å². The highest BCUT2D eigenvalue weighted by Crippen LogP contribution is 2.27. The Bertz CT molecular complexity index is 898. The molecule has 1 fully saturated rings. The fourth-order valence-electron chi connectivity index (χ4n) is 2.99. The van der Waals surface area contributed by atoms with Crippen molar-refractivity contribution in [2.45, 2.75) is 29.3 Å². The summed E-state index contributed by atoms with van der Waals surface area (Å²) in [5, 5.41) is 18.2.